The monoisotopic (exact) mass is 452 g/mol. The number of benzene rings is 1. The van der Waals surface area contributed by atoms with Crippen LogP contribution in [0.1, 0.15) is 71.3 Å². The molecule has 5 rings (SSSR count). The number of hydrogen-bond acceptors (Lipinski definition) is 2. The first kappa shape index (κ1) is 22.6. The summed E-state index contributed by atoms with van der Waals surface area (Å²) >= 11 is 0. The number of carbonyl (C=O) groups is 2. The van der Waals surface area contributed by atoms with Gasteiger partial charge >= 0.3 is 0 Å². The van der Waals surface area contributed by atoms with Gasteiger partial charge in [0.1, 0.15) is 11.7 Å². The summed E-state index contributed by atoms with van der Waals surface area (Å²) in [6.07, 6.45) is 8.14. The van der Waals surface area contributed by atoms with Crippen LogP contribution >= 0.6 is 0 Å². The van der Waals surface area contributed by atoms with Gasteiger partial charge in [-0.1, -0.05) is 38.0 Å². The van der Waals surface area contributed by atoms with Crippen LogP contribution in [0.4, 0.5) is 4.39 Å². The van der Waals surface area contributed by atoms with Crippen molar-refractivity contribution >= 4 is 11.8 Å². The van der Waals surface area contributed by atoms with Gasteiger partial charge in [0.15, 0.2) is 0 Å². The number of likely N-dealkylation sites (tertiary alicyclic amines) is 1. The summed E-state index contributed by atoms with van der Waals surface area (Å²) in [4.78, 5) is 28.4. The third-order valence-corrected chi connectivity index (χ3v) is 9.81. The van der Waals surface area contributed by atoms with Gasteiger partial charge in [-0.2, -0.15) is 0 Å². The molecule has 2 saturated carbocycles. The van der Waals surface area contributed by atoms with Crippen molar-refractivity contribution < 1.29 is 14.0 Å². The lowest BCUT2D eigenvalue weighted by atomic mass is 9.48. The van der Waals surface area contributed by atoms with Gasteiger partial charge in [-0.25, -0.2) is 4.39 Å². The van der Waals surface area contributed by atoms with E-state index in [9.17, 15) is 14.0 Å². The Balaban J connectivity index is 1.41. The lowest BCUT2D eigenvalue weighted by molar-refractivity contribution is -0.149. The maximum absolute atomic E-state index is 13.3. The zero-order valence-electron chi connectivity index (χ0n) is 20.4. The molecule has 2 amide bonds. The minimum absolute atomic E-state index is 0.0987. The van der Waals surface area contributed by atoms with Gasteiger partial charge in [0.25, 0.3) is 0 Å². The predicted octanol–water partition coefficient (Wildman–Crippen LogP) is 5.44. The highest BCUT2D eigenvalue weighted by atomic mass is 19.1. The maximum atomic E-state index is 13.3. The molecule has 178 valence electrons. The molecule has 0 spiro atoms. The quantitative estimate of drug-likeness (QED) is 0.621. The fourth-order valence-electron chi connectivity index (χ4n) is 8.36. The lowest BCUT2D eigenvalue weighted by Gasteiger charge is -2.59. The SMILES string of the molecule is CC1=C2N(C)C(=O)C(C(=O)NCc3ccc(F)cc3)C[C@]2(C)[C@@H]2CC[C@]3(C)CCC[C@H]3[C@@H]2C1. The zero-order chi connectivity index (χ0) is 23.5. The average Bonchev–Trinajstić information content (AvgIpc) is 3.18. The third kappa shape index (κ3) is 3.54. The van der Waals surface area contributed by atoms with E-state index >= 15 is 0 Å². The summed E-state index contributed by atoms with van der Waals surface area (Å²) in [6.45, 7) is 7.34. The van der Waals surface area contributed by atoms with Gasteiger partial charge in [-0.05, 0) is 86.3 Å². The van der Waals surface area contributed by atoms with Gasteiger partial charge in [-0.3, -0.25) is 9.59 Å². The fraction of sp³-hybridized carbons (Fsp3) is 0.643. The number of halogens is 1. The van der Waals surface area contributed by atoms with E-state index in [0.29, 0.717) is 30.2 Å². The molecule has 1 aromatic rings. The standard InChI is InChI=1S/C28H37FN2O2/c1-17-14-20-22-6-5-12-27(22,2)13-11-23(20)28(3)15-21(26(33)31(4)24(17)28)25(32)30-16-18-7-9-19(29)10-8-18/h7-10,20-23H,5-6,11-16H2,1-4H3,(H,30,32)/t20-,21?,22-,23+,27-,28+/m0/s1. The summed E-state index contributed by atoms with van der Waals surface area (Å²) in [7, 11) is 1.86. The first-order valence-electron chi connectivity index (χ1n) is 12.6. The molecular weight excluding hydrogens is 415 g/mol. The Morgan fingerprint density at radius 1 is 1.15 bits per heavy atom. The van der Waals surface area contributed by atoms with Gasteiger partial charge in [0, 0.05) is 24.7 Å². The fourth-order valence-corrected chi connectivity index (χ4v) is 8.36. The Labute approximate surface area is 197 Å². The number of amides is 2. The number of piperidine rings is 1. The highest BCUT2D eigenvalue weighted by Crippen LogP contribution is 2.65. The summed E-state index contributed by atoms with van der Waals surface area (Å²) < 4.78 is 13.2. The summed E-state index contributed by atoms with van der Waals surface area (Å²) in [5.74, 6) is 0.663. The molecule has 4 nitrogen and oxygen atoms in total. The van der Waals surface area contributed by atoms with Crippen LogP contribution < -0.4 is 5.32 Å². The van der Waals surface area contributed by atoms with Crippen LogP contribution in [0.2, 0.25) is 0 Å². The Bertz CT molecular complexity index is 1000. The number of rotatable bonds is 3. The molecule has 0 radical (unpaired) electrons. The zero-order valence-corrected chi connectivity index (χ0v) is 20.4. The number of carbonyl (C=O) groups excluding carboxylic acids is 2. The molecule has 1 unspecified atom stereocenters. The van der Waals surface area contributed by atoms with Gasteiger partial charge in [-0.15, -0.1) is 0 Å². The smallest absolute Gasteiger partial charge is 0.239 e. The number of nitrogens with one attached hydrogen (secondary N) is 1. The van der Waals surface area contributed by atoms with Crippen molar-refractivity contribution in [2.75, 3.05) is 7.05 Å². The molecule has 33 heavy (non-hydrogen) atoms. The molecule has 1 saturated heterocycles. The molecule has 0 aromatic heterocycles. The molecule has 1 aliphatic heterocycles. The number of allylic oxidation sites excluding steroid dienone is 2. The highest BCUT2D eigenvalue weighted by molar-refractivity contribution is 6.01. The summed E-state index contributed by atoms with van der Waals surface area (Å²) in [6, 6.07) is 6.12. The first-order chi connectivity index (χ1) is 15.6. The minimum Gasteiger partial charge on any atom is -0.351 e. The van der Waals surface area contributed by atoms with E-state index in [1.807, 2.05) is 7.05 Å². The van der Waals surface area contributed by atoms with Crippen molar-refractivity contribution in [1.29, 1.82) is 0 Å². The van der Waals surface area contributed by atoms with Crippen molar-refractivity contribution in [3.8, 4) is 0 Å². The van der Waals surface area contributed by atoms with Crippen LogP contribution in [-0.2, 0) is 16.1 Å². The molecule has 6 atom stereocenters. The number of nitrogens with zero attached hydrogens (tertiary/aromatic N) is 1. The summed E-state index contributed by atoms with van der Waals surface area (Å²) in [5.41, 5.74) is 3.66. The van der Waals surface area contributed by atoms with E-state index in [4.69, 9.17) is 0 Å². The Morgan fingerprint density at radius 3 is 2.61 bits per heavy atom. The van der Waals surface area contributed by atoms with Crippen LogP contribution in [-0.4, -0.2) is 23.8 Å². The van der Waals surface area contributed by atoms with E-state index < -0.39 is 5.92 Å². The van der Waals surface area contributed by atoms with Crippen LogP contribution in [0.5, 0.6) is 0 Å². The van der Waals surface area contributed by atoms with Crippen molar-refractivity contribution in [3.63, 3.8) is 0 Å². The van der Waals surface area contributed by atoms with Crippen LogP contribution in [0.15, 0.2) is 35.5 Å². The molecular formula is C28H37FN2O2. The molecule has 3 aliphatic carbocycles. The number of fused-ring (bicyclic) bond motifs is 5. The van der Waals surface area contributed by atoms with Gasteiger partial charge in [0.2, 0.25) is 11.8 Å². The second-order valence-electron chi connectivity index (χ2n) is 11.7. The van der Waals surface area contributed by atoms with Crippen molar-refractivity contribution in [2.24, 2.45) is 34.5 Å². The van der Waals surface area contributed by atoms with Crippen LogP contribution in [0.25, 0.3) is 0 Å². The van der Waals surface area contributed by atoms with E-state index in [1.54, 1.807) is 17.0 Å². The second kappa shape index (κ2) is 7.95. The van der Waals surface area contributed by atoms with E-state index in [2.05, 4.69) is 26.1 Å². The van der Waals surface area contributed by atoms with E-state index in [0.717, 1.165) is 17.9 Å². The third-order valence-electron chi connectivity index (χ3n) is 9.81. The van der Waals surface area contributed by atoms with Gasteiger partial charge in [0.05, 0.1) is 0 Å². The maximum Gasteiger partial charge on any atom is 0.239 e. The van der Waals surface area contributed by atoms with E-state index in [1.165, 1.54) is 55.5 Å². The van der Waals surface area contributed by atoms with Crippen LogP contribution in [0, 0.1) is 40.3 Å². The predicted molar refractivity (Wildman–Crippen MR) is 126 cm³/mol. The molecule has 1 N–H and O–H groups in total. The summed E-state index contributed by atoms with van der Waals surface area (Å²) in [5, 5.41) is 2.95. The molecule has 5 heteroatoms. The Kier molecular flexibility index (Phi) is 5.45. The second-order valence-corrected chi connectivity index (χ2v) is 11.7. The number of hydrogen-bond donors (Lipinski definition) is 1. The molecule has 3 fully saturated rings. The van der Waals surface area contributed by atoms with Crippen molar-refractivity contribution in [3.05, 3.63) is 46.9 Å². The average molecular weight is 453 g/mol. The minimum atomic E-state index is -0.673. The normalized spacial score (nSPS) is 38.0. The Hall–Kier alpha value is -2.17. The van der Waals surface area contributed by atoms with Crippen LogP contribution in [0.3, 0.4) is 0 Å². The largest absolute Gasteiger partial charge is 0.351 e. The van der Waals surface area contributed by atoms with Crippen molar-refractivity contribution in [1.82, 2.24) is 10.2 Å². The Morgan fingerprint density at radius 2 is 1.88 bits per heavy atom. The first-order valence-corrected chi connectivity index (χ1v) is 12.6. The van der Waals surface area contributed by atoms with Crippen molar-refractivity contribution in [2.45, 2.75) is 72.3 Å². The lowest BCUT2D eigenvalue weighted by Crippen LogP contribution is -2.58. The highest BCUT2D eigenvalue weighted by Gasteiger charge is 2.59. The topological polar surface area (TPSA) is 49.4 Å². The molecule has 1 heterocycles. The molecule has 0 bridgehead atoms. The van der Waals surface area contributed by atoms with Gasteiger partial charge < -0.3 is 10.2 Å². The molecule has 1 aromatic carbocycles. The molecule has 4 aliphatic rings. The van der Waals surface area contributed by atoms with E-state index in [-0.39, 0.29) is 23.0 Å².